The Morgan fingerprint density at radius 2 is 1.73 bits per heavy atom. The van der Waals surface area contributed by atoms with Crippen LogP contribution in [0.15, 0.2) is 72.9 Å². The van der Waals surface area contributed by atoms with Gasteiger partial charge in [0.25, 0.3) is 0 Å². The molecule has 4 aromatic rings. The quantitative estimate of drug-likeness (QED) is 0.296. The van der Waals surface area contributed by atoms with Crippen LogP contribution in [0.4, 0.5) is 11.4 Å². The number of pyridine rings is 1. The lowest BCUT2D eigenvalue weighted by Crippen LogP contribution is -2.29. The van der Waals surface area contributed by atoms with Crippen molar-refractivity contribution in [3.8, 4) is 5.69 Å². The molecular formula is C31H35N5S. The van der Waals surface area contributed by atoms with E-state index in [9.17, 15) is 0 Å². The number of para-hydroxylation sites is 1. The van der Waals surface area contributed by atoms with E-state index in [1.807, 2.05) is 18.3 Å². The molecule has 0 unspecified atom stereocenters. The molecule has 1 aliphatic heterocycles. The zero-order valence-corrected chi connectivity index (χ0v) is 23.3. The second kappa shape index (κ2) is 10.0. The van der Waals surface area contributed by atoms with Gasteiger partial charge in [-0.3, -0.25) is 4.98 Å². The van der Waals surface area contributed by atoms with Gasteiger partial charge in [-0.15, -0.1) is 0 Å². The molecule has 6 heteroatoms. The van der Waals surface area contributed by atoms with Crippen LogP contribution in [-0.4, -0.2) is 28.8 Å². The van der Waals surface area contributed by atoms with Crippen LogP contribution in [-0.2, 0) is 6.42 Å². The lowest BCUT2D eigenvalue weighted by atomic mass is 9.96. The van der Waals surface area contributed by atoms with E-state index in [4.69, 9.17) is 17.2 Å². The van der Waals surface area contributed by atoms with E-state index in [0.717, 1.165) is 23.5 Å². The van der Waals surface area contributed by atoms with E-state index in [1.54, 1.807) is 0 Å². The minimum absolute atomic E-state index is 0.0401. The Hall–Kier alpha value is -3.64. The molecule has 3 heterocycles. The van der Waals surface area contributed by atoms with Crippen molar-refractivity contribution in [1.29, 1.82) is 0 Å². The summed E-state index contributed by atoms with van der Waals surface area (Å²) in [5.41, 5.74) is 10.8. The molecule has 0 saturated carbocycles. The molecule has 0 aliphatic carbocycles. The zero-order valence-electron chi connectivity index (χ0n) is 22.5. The molecule has 0 amide bonds. The Morgan fingerprint density at radius 1 is 0.973 bits per heavy atom. The highest BCUT2D eigenvalue weighted by Crippen LogP contribution is 2.44. The Morgan fingerprint density at radius 3 is 2.38 bits per heavy atom. The summed E-state index contributed by atoms with van der Waals surface area (Å²) < 4.78 is 2.42. The van der Waals surface area contributed by atoms with Gasteiger partial charge in [0.05, 0.1) is 23.5 Å². The molecule has 190 valence electrons. The van der Waals surface area contributed by atoms with E-state index in [-0.39, 0.29) is 12.1 Å². The van der Waals surface area contributed by atoms with Crippen LogP contribution in [0.5, 0.6) is 0 Å². The lowest BCUT2D eigenvalue weighted by molar-refractivity contribution is 0.565. The van der Waals surface area contributed by atoms with Crippen molar-refractivity contribution in [2.24, 2.45) is 0 Å². The number of hydrogen-bond donors (Lipinski definition) is 1. The predicted octanol–water partition coefficient (Wildman–Crippen LogP) is 6.60. The standard InChI is InChI=1S/C31H35N5S/c1-7-23-12-10-11-20(2)29(23)35-21(3)19-26(22(35)4)30-28(27-13-8-9-18-32-27)33-31(37)36(30)25-16-14-24(15-17-25)34(5)6/h8-19,28,30H,7H2,1-6H3,(H,33,37)/t28-,30+/m1/s1. The van der Waals surface area contributed by atoms with Crippen molar-refractivity contribution >= 4 is 28.7 Å². The fourth-order valence-corrected chi connectivity index (χ4v) is 5.96. The number of benzene rings is 2. The first kappa shape index (κ1) is 25.0. The summed E-state index contributed by atoms with van der Waals surface area (Å²) >= 11 is 5.97. The van der Waals surface area contributed by atoms with Gasteiger partial charge in [-0.25, -0.2) is 0 Å². The third-order valence-corrected chi connectivity index (χ3v) is 7.77. The van der Waals surface area contributed by atoms with Gasteiger partial charge >= 0.3 is 0 Å². The highest BCUT2D eigenvalue weighted by atomic mass is 32.1. The van der Waals surface area contributed by atoms with Crippen LogP contribution in [0.2, 0.25) is 0 Å². The maximum atomic E-state index is 5.97. The molecule has 5 nitrogen and oxygen atoms in total. The number of nitrogens with one attached hydrogen (secondary N) is 1. The van der Waals surface area contributed by atoms with Crippen molar-refractivity contribution < 1.29 is 0 Å². The zero-order chi connectivity index (χ0) is 26.3. The van der Waals surface area contributed by atoms with Gasteiger partial charge in [0.2, 0.25) is 0 Å². The smallest absolute Gasteiger partial charge is 0.174 e. The maximum Gasteiger partial charge on any atom is 0.174 e. The first-order valence-electron chi connectivity index (χ1n) is 12.9. The normalized spacial score (nSPS) is 17.2. The van der Waals surface area contributed by atoms with Gasteiger partial charge in [0, 0.05) is 43.1 Å². The summed E-state index contributed by atoms with van der Waals surface area (Å²) in [6, 6.07) is 23.5. The molecule has 0 bridgehead atoms. The van der Waals surface area contributed by atoms with Gasteiger partial charge < -0.3 is 19.7 Å². The van der Waals surface area contributed by atoms with Crippen molar-refractivity contribution in [1.82, 2.24) is 14.9 Å². The number of hydrogen-bond acceptors (Lipinski definition) is 3. The summed E-state index contributed by atoms with van der Waals surface area (Å²) in [6.45, 7) is 8.87. The molecule has 0 radical (unpaired) electrons. The predicted molar refractivity (Wildman–Crippen MR) is 158 cm³/mol. The average molecular weight is 510 g/mol. The Balaban J connectivity index is 1.69. The minimum atomic E-state index is -0.0707. The molecule has 5 rings (SSSR count). The van der Waals surface area contributed by atoms with Crippen molar-refractivity contribution in [3.05, 3.63) is 107 Å². The lowest BCUT2D eigenvalue weighted by Gasteiger charge is -2.29. The molecule has 2 atom stereocenters. The molecule has 1 N–H and O–H groups in total. The monoisotopic (exact) mass is 509 g/mol. The molecule has 1 aliphatic rings. The molecule has 2 aromatic carbocycles. The van der Waals surface area contributed by atoms with Crippen LogP contribution in [0.3, 0.4) is 0 Å². The van der Waals surface area contributed by atoms with E-state index < -0.39 is 0 Å². The molecule has 0 spiro atoms. The van der Waals surface area contributed by atoms with Crippen LogP contribution in [0, 0.1) is 20.8 Å². The SMILES string of the molecule is CCc1cccc(C)c1-n1c(C)cc([C@H]2[C@@H](c3ccccn3)NC(=S)N2c2ccc(N(C)C)cc2)c1C. The van der Waals surface area contributed by atoms with Crippen molar-refractivity contribution in [2.75, 3.05) is 23.9 Å². The molecular weight excluding hydrogens is 474 g/mol. The molecule has 2 aromatic heterocycles. The number of thiocarbonyl (C=S) groups is 1. The topological polar surface area (TPSA) is 36.3 Å². The fourth-order valence-electron chi connectivity index (χ4n) is 5.62. The summed E-state index contributed by atoms with van der Waals surface area (Å²) in [7, 11) is 4.11. The third-order valence-electron chi connectivity index (χ3n) is 7.46. The average Bonchev–Trinajstić information content (AvgIpc) is 3.39. The fraction of sp³-hybridized carbons (Fsp3) is 0.290. The summed E-state index contributed by atoms with van der Waals surface area (Å²) in [5.74, 6) is 0. The molecule has 1 fully saturated rings. The third kappa shape index (κ3) is 4.40. The number of aryl methyl sites for hydroxylation is 3. The maximum absolute atomic E-state index is 5.97. The molecule has 1 saturated heterocycles. The van der Waals surface area contributed by atoms with E-state index in [1.165, 1.54) is 33.8 Å². The van der Waals surface area contributed by atoms with E-state index in [0.29, 0.717) is 5.11 Å². The second-order valence-corrected chi connectivity index (χ2v) is 10.4. The van der Waals surface area contributed by atoms with Gasteiger partial charge in [-0.05, 0) is 98.6 Å². The van der Waals surface area contributed by atoms with Crippen LogP contribution < -0.4 is 15.1 Å². The summed E-state index contributed by atoms with van der Waals surface area (Å²) in [5, 5.41) is 4.33. The van der Waals surface area contributed by atoms with Gasteiger partial charge in [0.1, 0.15) is 0 Å². The van der Waals surface area contributed by atoms with E-state index >= 15 is 0 Å². The van der Waals surface area contributed by atoms with Crippen LogP contribution in [0.25, 0.3) is 5.69 Å². The second-order valence-electron chi connectivity index (χ2n) is 10.0. The summed E-state index contributed by atoms with van der Waals surface area (Å²) in [6.07, 6.45) is 2.84. The van der Waals surface area contributed by atoms with Crippen molar-refractivity contribution in [3.63, 3.8) is 0 Å². The van der Waals surface area contributed by atoms with Crippen LogP contribution >= 0.6 is 12.2 Å². The number of nitrogens with zero attached hydrogens (tertiary/aromatic N) is 4. The Kier molecular flexibility index (Phi) is 6.78. The largest absolute Gasteiger partial charge is 0.378 e. The minimum Gasteiger partial charge on any atom is -0.378 e. The summed E-state index contributed by atoms with van der Waals surface area (Å²) in [4.78, 5) is 9.11. The Bertz CT molecular complexity index is 1420. The molecule has 37 heavy (non-hydrogen) atoms. The van der Waals surface area contributed by atoms with Crippen LogP contribution in [0.1, 0.15) is 52.8 Å². The van der Waals surface area contributed by atoms with E-state index in [2.05, 4.69) is 116 Å². The first-order valence-corrected chi connectivity index (χ1v) is 13.3. The number of aromatic nitrogens is 2. The number of anilines is 2. The highest BCUT2D eigenvalue weighted by Gasteiger charge is 2.42. The Labute approximate surface area is 225 Å². The number of rotatable bonds is 6. The highest BCUT2D eigenvalue weighted by molar-refractivity contribution is 7.80. The van der Waals surface area contributed by atoms with Crippen molar-refractivity contribution in [2.45, 2.75) is 46.2 Å². The van der Waals surface area contributed by atoms with Gasteiger partial charge in [0.15, 0.2) is 5.11 Å². The van der Waals surface area contributed by atoms with Gasteiger partial charge in [-0.1, -0.05) is 31.2 Å². The van der Waals surface area contributed by atoms with Gasteiger partial charge in [-0.2, -0.15) is 0 Å². The first-order chi connectivity index (χ1) is 17.8.